The van der Waals surface area contributed by atoms with E-state index < -0.39 is 27.2 Å². The van der Waals surface area contributed by atoms with Gasteiger partial charge in [0.2, 0.25) is 0 Å². The predicted molar refractivity (Wildman–Crippen MR) is 16.1 cm³/mol. The minimum absolute atomic E-state index is 0. The second-order valence-electron chi connectivity index (χ2n) is 0.924. The standard InChI is InChI=1S/CH4.2Cr.Na.2H2O.5O.H/h1H4;;;;2*1H2;;;;;;/q;3*+1;;;;;;;;-1/p-2. The van der Waals surface area contributed by atoms with E-state index >= 15 is 0 Å². The third-order valence-electron chi connectivity index (χ3n) is 0.172. The molecule has 0 aliphatic heterocycles. The van der Waals surface area contributed by atoms with Gasteiger partial charge in [-0.05, 0) is 0 Å². The van der Waals surface area contributed by atoms with Crippen LogP contribution in [0.25, 0.3) is 0 Å². The van der Waals surface area contributed by atoms with Crippen molar-refractivity contribution in [1.82, 2.24) is 0 Å². The van der Waals surface area contributed by atoms with Crippen molar-refractivity contribution >= 4 is 0 Å². The second kappa shape index (κ2) is 5.73. The van der Waals surface area contributed by atoms with Crippen molar-refractivity contribution in [2.45, 2.75) is 7.43 Å². The summed E-state index contributed by atoms with van der Waals surface area (Å²) in [6.07, 6.45) is 0. The van der Waals surface area contributed by atoms with E-state index in [-0.39, 0.29) is 38.4 Å². The van der Waals surface area contributed by atoms with E-state index in [4.69, 9.17) is 8.32 Å². The Morgan fingerprint density at radius 2 is 1.18 bits per heavy atom. The topological polar surface area (TPSA) is 118 Å². The molecule has 10 heteroatoms. The number of rotatable bonds is 2. The summed E-state index contributed by atoms with van der Waals surface area (Å²) in [5.41, 5.74) is 0. The molecule has 0 heterocycles. The fraction of sp³-hybridized carbons (Fsp3) is 1.00. The van der Waals surface area contributed by atoms with Crippen molar-refractivity contribution in [2.24, 2.45) is 0 Å². The molecule has 66 valence electrons. The molecule has 0 rings (SSSR count). The van der Waals surface area contributed by atoms with E-state index in [2.05, 4.69) is 2.84 Å². The summed E-state index contributed by atoms with van der Waals surface area (Å²) in [5, 5.41) is 0. The molecule has 0 aromatic heterocycles. The summed E-state index contributed by atoms with van der Waals surface area (Å²) in [4.78, 5) is 0. The van der Waals surface area contributed by atoms with Crippen LogP contribution in [0.15, 0.2) is 0 Å². The first-order chi connectivity index (χ1) is 3.71. The van der Waals surface area contributed by atoms with Crippen LogP contribution >= 0.6 is 0 Å². The summed E-state index contributed by atoms with van der Waals surface area (Å²) in [5.74, 6) is 0. The zero-order valence-corrected chi connectivity index (χ0v) is 9.30. The predicted octanol–water partition coefficient (Wildman–Crippen LogP) is -3.91. The molecular formula is CH7Cr2NaO7. The monoisotopic (exact) mass is 258 g/mol. The molecule has 0 bridgehead atoms. The van der Waals surface area contributed by atoms with Gasteiger partial charge in [-0.2, -0.15) is 0 Å². The Kier molecular flexibility index (Phi) is 9.40. The Morgan fingerprint density at radius 3 is 1.18 bits per heavy atom. The van der Waals surface area contributed by atoms with E-state index in [9.17, 15) is 15.2 Å². The van der Waals surface area contributed by atoms with Crippen LogP contribution in [-0.2, 0) is 45.3 Å². The fourth-order valence-corrected chi connectivity index (χ4v) is 1.85. The molecule has 0 aromatic rings. The van der Waals surface area contributed by atoms with Gasteiger partial charge in [-0.3, -0.25) is 0 Å². The van der Waals surface area contributed by atoms with Crippen LogP contribution in [0.5, 0.6) is 0 Å². The normalized spacial score (nSPS) is 11.1. The van der Waals surface area contributed by atoms with Gasteiger partial charge in [0.1, 0.15) is 0 Å². The summed E-state index contributed by atoms with van der Waals surface area (Å²) >= 11 is -11.5. The SMILES string of the molecule is C.[H-].[Na+].[O]=[Cr](=[O])([OH])[O][Cr](=[O])(=[O])[OH]. The number of hydrogen-bond donors (Lipinski definition) is 2. The molecule has 0 spiro atoms. The molecular weight excluding hydrogens is 251 g/mol. The van der Waals surface area contributed by atoms with Gasteiger partial charge in [-0.15, -0.1) is 0 Å². The van der Waals surface area contributed by atoms with Crippen LogP contribution in [0.4, 0.5) is 0 Å². The second-order valence-corrected chi connectivity index (χ2v) is 4.68. The fourth-order valence-electron chi connectivity index (χ4n) is 0.109. The molecule has 0 aliphatic rings. The van der Waals surface area contributed by atoms with Crippen LogP contribution in [0.3, 0.4) is 0 Å². The molecule has 0 saturated carbocycles. The Morgan fingerprint density at radius 1 is 1.00 bits per heavy atom. The van der Waals surface area contributed by atoms with Crippen LogP contribution in [0.1, 0.15) is 8.85 Å². The Bertz CT molecular complexity index is 247. The van der Waals surface area contributed by atoms with Gasteiger partial charge >= 0.3 is 83.2 Å². The average molecular weight is 258 g/mol. The molecule has 0 fully saturated rings. The van der Waals surface area contributed by atoms with Crippen LogP contribution in [0, 0.1) is 0 Å². The van der Waals surface area contributed by atoms with Gasteiger partial charge in [0.15, 0.2) is 0 Å². The van der Waals surface area contributed by atoms with Crippen LogP contribution < -0.4 is 29.6 Å². The zero-order chi connectivity index (χ0) is 7.71. The molecule has 0 saturated heterocycles. The first kappa shape index (κ1) is 18.0. The first-order valence-electron chi connectivity index (χ1n) is 1.37. The summed E-state index contributed by atoms with van der Waals surface area (Å²) in [7, 11) is 0. The Hall–Kier alpha value is 1.14. The van der Waals surface area contributed by atoms with Crippen molar-refractivity contribution in [3.8, 4) is 0 Å². The van der Waals surface area contributed by atoms with Crippen molar-refractivity contribution in [1.29, 1.82) is 0 Å². The molecule has 0 radical (unpaired) electrons. The summed E-state index contributed by atoms with van der Waals surface area (Å²) < 4.78 is 56.3. The maximum absolute atomic E-state index is 9.53. The van der Waals surface area contributed by atoms with Crippen LogP contribution in [-0.4, -0.2) is 8.32 Å². The van der Waals surface area contributed by atoms with E-state index in [0.29, 0.717) is 0 Å². The van der Waals surface area contributed by atoms with Gasteiger partial charge in [-0.25, -0.2) is 0 Å². The van der Waals surface area contributed by atoms with E-state index in [1.807, 2.05) is 0 Å². The third kappa shape index (κ3) is 18.3. The molecule has 11 heavy (non-hydrogen) atoms. The van der Waals surface area contributed by atoms with E-state index in [1.165, 1.54) is 0 Å². The summed E-state index contributed by atoms with van der Waals surface area (Å²) in [6.45, 7) is 0. The minimum atomic E-state index is -5.76. The van der Waals surface area contributed by atoms with Crippen molar-refractivity contribution in [2.75, 3.05) is 0 Å². The van der Waals surface area contributed by atoms with Gasteiger partial charge in [-0.1, -0.05) is 7.43 Å². The molecule has 0 amide bonds. The van der Waals surface area contributed by atoms with Gasteiger partial charge in [0.05, 0.1) is 0 Å². The van der Waals surface area contributed by atoms with Gasteiger partial charge in [0.25, 0.3) is 0 Å². The van der Waals surface area contributed by atoms with E-state index in [0.717, 1.165) is 0 Å². The molecule has 0 aliphatic carbocycles. The average Bonchev–Trinajstić information content (AvgIpc) is 1.14. The molecule has 2 N–H and O–H groups in total. The first-order valence-corrected chi connectivity index (χ1v) is 5.63. The third-order valence-corrected chi connectivity index (χ3v) is 2.92. The molecule has 0 atom stereocenters. The quantitative estimate of drug-likeness (QED) is 0.486. The Labute approximate surface area is 91.3 Å². The van der Waals surface area contributed by atoms with Gasteiger partial charge in [0, 0.05) is 0 Å². The van der Waals surface area contributed by atoms with Crippen molar-refractivity contribution < 1.29 is 84.6 Å². The Balaban J connectivity index is -0.000000107. The molecule has 0 unspecified atom stereocenters. The van der Waals surface area contributed by atoms with Crippen molar-refractivity contribution in [3.05, 3.63) is 0 Å². The maximum atomic E-state index is 9.53. The molecule has 0 aromatic carbocycles. The molecule has 7 nitrogen and oxygen atoms in total. The zero-order valence-electron chi connectivity index (χ0n) is 5.75. The van der Waals surface area contributed by atoms with Crippen molar-refractivity contribution in [3.63, 3.8) is 0 Å². The van der Waals surface area contributed by atoms with E-state index in [1.54, 1.807) is 0 Å². The van der Waals surface area contributed by atoms with Crippen LogP contribution in [0.2, 0.25) is 0 Å². The van der Waals surface area contributed by atoms with Gasteiger partial charge < -0.3 is 1.43 Å². The summed E-state index contributed by atoms with van der Waals surface area (Å²) in [6, 6.07) is 0. The number of hydrogen-bond acceptors (Lipinski definition) is 5.